The Bertz CT molecular complexity index is 525. The van der Waals surface area contributed by atoms with Gasteiger partial charge in [0.2, 0.25) is 5.89 Å². The van der Waals surface area contributed by atoms with Crippen LogP contribution in [0, 0.1) is 0 Å². The smallest absolute Gasteiger partial charge is 0.315 e. The Labute approximate surface area is 110 Å². The van der Waals surface area contributed by atoms with Crippen molar-refractivity contribution in [1.29, 1.82) is 0 Å². The summed E-state index contributed by atoms with van der Waals surface area (Å²) in [6, 6.07) is 9.17. The Hall–Kier alpha value is -2.34. The number of nitrogens with one attached hydrogen (secondary N) is 2. The van der Waals surface area contributed by atoms with Crippen molar-refractivity contribution in [2.75, 3.05) is 13.2 Å². The summed E-state index contributed by atoms with van der Waals surface area (Å²) >= 11 is 0. The predicted molar refractivity (Wildman–Crippen MR) is 69.3 cm³/mol. The van der Waals surface area contributed by atoms with Gasteiger partial charge < -0.3 is 20.2 Å². The number of aliphatic hydroxyl groups is 1. The van der Waals surface area contributed by atoms with Gasteiger partial charge in [0.25, 0.3) is 0 Å². The van der Waals surface area contributed by atoms with Gasteiger partial charge in [0.05, 0.1) is 18.8 Å². The number of hydrogen-bond donors (Lipinski definition) is 3. The van der Waals surface area contributed by atoms with Crippen molar-refractivity contribution >= 4 is 6.03 Å². The van der Waals surface area contributed by atoms with E-state index in [1.54, 1.807) is 0 Å². The highest BCUT2D eigenvalue weighted by atomic mass is 16.3. The molecule has 2 rings (SSSR count). The molecule has 0 unspecified atom stereocenters. The van der Waals surface area contributed by atoms with Crippen molar-refractivity contribution in [1.82, 2.24) is 15.6 Å². The lowest BCUT2D eigenvalue weighted by Gasteiger charge is -2.03. The highest BCUT2D eigenvalue weighted by Crippen LogP contribution is 2.17. The molecule has 0 aliphatic rings. The zero-order chi connectivity index (χ0) is 13.5. The maximum absolute atomic E-state index is 11.3. The third kappa shape index (κ3) is 3.82. The first kappa shape index (κ1) is 13.1. The average Bonchev–Trinajstić information content (AvgIpc) is 2.93. The van der Waals surface area contributed by atoms with Gasteiger partial charge in [-0.05, 0) is 12.1 Å². The number of hydrogen-bond acceptors (Lipinski definition) is 4. The van der Waals surface area contributed by atoms with E-state index in [0.29, 0.717) is 11.6 Å². The summed E-state index contributed by atoms with van der Waals surface area (Å²) in [5.41, 5.74) is 1.52. The van der Waals surface area contributed by atoms with E-state index >= 15 is 0 Å². The lowest BCUT2D eigenvalue weighted by molar-refractivity contribution is 0.234. The number of benzene rings is 1. The molecule has 6 heteroatoms. The van der Waals surface area contributed by atoms with Gasteiger partial charge in [-0.3, -0.25) is 0 Å². The van der Waals surface area contributed by atoms with E-state index in [1.165, 1.54) is 6.26 Å². The molecule has 19 heavy (non-hydrogen) atoms. The van der Waals surface area contributed by atoms with Crippen LogP contribution in [0.5, 0.6) is 0 Å². The molecular formula is C13H15N3O3. The summed E-state index contributed by atoms with van der Waals surface area (Å²) in [7, 11) is 0. The molecule has 0 radical (unpaired) electrons. The lowest BCUT2D eigenvalue weighted by Crippen LogP contribution is -2.36. The van der Waals surface area contributed by atoms with Crippen molar-refractivity contribution < 1.29 is 14.3 Å². The summed E-state index contributed by atoms with van der Waals surface area (Å²) in [6.07, 6.45) is 1.51. The quantitative estimate of drug-likeness (QED) is 0.753. The van der Waals surface area contributed by atoms with E-state index in [-0.39, 0.29) is 25.7 Å². The van der Waals surface area contributed by atoms with Gasteiger partial charge in [0, 0.05) is 12.1 Å². The van der Waals surface area contributed by atoms with Crippen molar-refractivity contribution in [2.45, 2.75) is 6.54 Å². The summed E-state index contributed by atoms with van der Waals surface area (Å²) in [5.74, 6) is 0.521. The number of carbonyl (C=O) groups excluding carboxylic acids is 1. The predicted octanol–water partition coefficient (Wildman–Crippen LogP) is 1.13. The van der Waals surface area contributed by atoms with E-state index in [1.807, 2.05) is 30.3 Å². The Kier molecular flexibility index (Phi) is 4.52. The van der Waals surface area contributed by atoms with Gasteiger partial charge in [-0.25, -0.2) is 9.78 Å². The van der Waals surface area contributed by atoms with Crippen molar-refractivity contribution in [3.8, 4) is 11.5 Å². The fourth-order valence-electron chi connectivity index (χ4n) is 1.50. The van der Waals surface area contributed by atoms with Crippen LogP contribution in [0.1, 0.15) is 5.69 Å². The number of oxazole rings is 1. The van der Waals surface area contributed by atoms with Crippen LogP contribution < -0.4 is 10.6 Å². The minimum atomic E-state index is -0.349. The molecule has 0 saturated carbocycles. The first-order valence-electron chi connectivity index (χ1n) is 5.92. The maximum atomic E-state index is 11.3. The fourth-order valence-corrected chi connectivity index (χ4v) is 1.50. The number of nitrogens with zero attached hydrogens (tertiary/aromatic N) is 1. The Balaban J connectivity index is 1.90. The van der Waals surface area contributed by atoms with Gasteiger partial charge in [-0.1, -0.05) is 18.2 Å². The Morgan fingerprint density at radius 1 is 1.26 bits per heavy atom. The lowest BCUT2D eigenvalue weighted by atomic mass is 10.2. The van der Waals surface area contributed by atoms with E-state index in [2.05, 4.69) is 15.6 Å². The molecule has 1 aromatic carbocycles. The van der Waals surface area contributed by atoms with Gasteiger partial charge in [-0.2, -0.15) is 0 Å². The van der Waals surface area contributed by atoms with Crippen LogP contribution in [0.3, 0.4) is 0 Å². The molecule has 0 spiro atoms. The van der Waals surface area contributed by atoms with Crippen molar-refractivity contribution in [3.05, 3.63) is 42.3 Å². The number of aromatic nitrogens is 1. The van der Waals surface area contributed by atoms with Gasteiger partial charge in [0.1, 0.15) is 6.26 Å². The zero-order valence-electron chi connectivity index (χ0n) is 10.3. The SMILES string of the molecule is O=C(NCCO)NCc1coc(-c2ccccc2)n1. The highest BCUT2D eigenvalue weighted by Gasteiger charge is 2.07. The molecule has 6 nitrogen and oxygen atoms in total. The molecule has 0 aliphatic carbocycles. The monoisotopic (exact) mass is 261 g/mol. The molecule has 0 aliphatic heterocycles. The topological polar surface area (TPSA) is 87.4 Å². The van der Waals surface area contributed by atoms with Crippen molar-refractivity contribution in [2.24, 2.45) is 0 Å². The standard InChI is InChI=1S/C13H15N3O3/c17-7-6-14-13(18)15-8-11-9-19-12(16-11)10-4-2-1-3-5-10/h1-5,9,17H,6-8H2,(H2,14,15,18). The Morgan fingerprint density at radius 3 is 2.79 bits per heavy atom. The van der Waals surface area contributed by atoms with E-state index in [0.717, 1.165) is 5.56 Å². The minimum absolute atomic E-state index is 0.0878. The van der Waals surface area contributed by atoms with E-state index in [9.17, 15) is 4.79 Å². The zero-order valence-corrected chi connectivity index (χ0v) is 10.3. The third-order valence-electron chi connectivity index (χ3n) is 2.40. The second-order valence-corrected chi connectivity index (χ2v) is 3.84. The molecule has 2 amide bonds. The molecule has 1 aromatic heterocycles. The first-order valence-corrected chi connectivity index (χ1v) is 5.92. The summed E-state index contributed by atoms with van der Waals surface area (Å²) in [6.45, 7) is 0.406. The van der Waals surface area contributed by atoms with Crippen LogP contribution in [0.2, 0.25) is 0 Å². The largest absolute Gasteiger partial charge is 0.444 e. The molecule has 1 heterocycles. The van der Waals surface area contributed by atoms with Crippen LogP contribution in [0.4, 0.5) is 4.79 Å². The molecule has 100 valence electrons. The summed E-state index contributed by atoms with van der Waals surface area (Å²) in [4.78, 5) is 15.5. The molecule has 0 fully saturated rings. The maximum Gasteiger partial charge on any atom is 0.315 e. The van der Waals surface area contributed by atoms with Gasteiger partial charge in [-0.15, -0.1) is 0 Å². The number of amides is 2. The van der Waals surface area contributed by atoms with E-state index in [4.69, 9.17) is 9.52 Å². The second kappa shape index (κ2) is 6.55. The number of aliphatic hydroxyl groups excluding tert-OH is 1. The normalized spacial score (nSPS) is 10.2. The molecule has 0 atom stereocenters. The highest BCUT2D eigenvalue weighted by molar-refractivity contribution is 5.73. The second-order valence-electron chi connectivity index (χ2n) is 3.84. The molecule has 0 bridgehead atoms. The number of rotatable bonds is 5. The summed E-state index contributed by atoms with van der Waals surface area (Å²) < 4.78 is 5.34. The van der Waals surface area contributed by atoms with Crippen LogP contribution in [-0.2, 0) is 6.54 Å². The molecule has 3 N–H and O–H groups in total. The molecule has 2 aromatic rings. The van der Waals surface area contributed by atoms with Crippen LogP contribution in [0.15, 0.2) is 41.0 Å². The van der Waals surface area contributed by atoms with Gasteiger partial charge >= 0.3 is 6.03 Å². The molecular weight excluding hydrogens is 246 g/mol. The van der Waals surface area contributed by atoms with Crippen LogP contribution in [0.25, 0.3) is 11.5 Å². The summed E-state index contributed by atoms with van der Waals surface area (Å²) in [5, 5.41) is 13.7. The van der Waals surface area contributed by atoms with Crippen LogP contribution >= 0.6 is 0 Å². The first-order chi connectivity index (χ1) is 9.29. The van der Waals surface area contributed by atoms with Crippen LogP contribution in [-0.4, -0.2) is 29.3 Å². The molecule has 0 saturated heterocycles. The fraction of sp³-hybridized carbons (Fsp3) is 0.231. The minimum Gasteiger partial charge on any atom is -0.444 e. The van der Waals surface area contributed by atoms with Gasteiger partial charge in [0.15, 0.2) is 0 Å². The van der Waals surface area contributed by atoms with E-state index < -0.39 is 0 Å². The Morgan fingerprint density at radius 2 is 2.05 bits per heavy atom. The van der Waals surface area contributed by atoms with Crippen molar-refractivity contribution in [3.63, 3.8) is 0 Å². The average molecular weight is 261 g/mol. The number of carbonyl (C=O) groups is 1. The number of urea groups is 1. The third-order valence-corrected chi connectivity index (χ3v) is 2.40.